The number of piperidine rings is 1. The fourth-order valence-electron chi connectivity index (χ4n) is 1.68. The second kappa shape index (κ2) is 6.19. The maximum Gasteiger partial charge on any atom is 0.317 e. The van der Waals surface area contributed by atoms with E-state index in [2.05, 4.69) is 17.6 Å². The van der Waals surface area contributed by atoms with Crippen LogP contribution in [0.1, 0.15) is 19.8 Å². The molecule has 1 saturated heterocycles. The summed E-state index contributed by atoms with van der Waals surface area (Å²) in [6.07, 6.45) is 2.12. The van der Waals surface area contributed by atoms with Crippen molar-refractivity contribution in [2.24, 2.45) is 11.7 Å². The summed E-state index contributed by atoms with van der Waals surface area (Å²) >= 11 is 0. The number of nitrogens with two attached hydrogens (primary N) is 1. The lowest BCUT2D eigenvalue weighted by atomic mass is 10.00. The minimum atomic E-state index is -0.568. The molecule has 1 aliphatic heterocycles. The SMILES string of the molecule is CC1CCN(C(=O)NCCNC(N)=O)CC1. The fourth-order valence-corrected chi connectivity index (χ4v) is 1.68. The van der Waals surface area contributed by atoms with Crippen molar-refractivity contribution in [1.82, 2.24) is 15.5 Å². The quantitative estimate of drug-likeness (QED) is 0.598. The van der Waals surface area contributed by atoms with Crippen LogP contribution in [-0.4, -0.2) is 43.1 Å². The largest absolute Gasteiger partial charge is 0.352 e. The predicted octanol–water partition coefficient (Wildman–Crippen LogP) is 0.0962. The van der Waals surface area contributed by atoms with E-state index in [0.29, 0.717) is 19.0 Å². The van der Waals surface area contributed by atoms with Crippen LogP contribution in [0.3, 0.4) is 0 Å². The molecule has 1 rings (SSSR count). The zero-order chi connectivity index (χ0) is 12.0. The highest BCUT2D eigenvalue weighted by molar-refractivity contribution is 5.74. The van der Waals surface area contributed by atoms with Gasteiger partial charge in [-0.05, 0) is 18.8 Å². The van der Waals surface area contributed by atoms with Gasteiger partial charge in [0.05, 0.1) is 0 Å². The number of urea groups is 2. The van der Waals surface area contributed by atoms with E-state index in [1.54, 1.807) is 0 Å². The highest BCUT2D eigenvalue weighted by Crippen LogP contribution is 2.15. The molecule has 0 saturated carbocycles. The summed E-state index contributed by atoms with van der Waals surface area (Å²) in [5, 5.41) is 5.16. The molecule has 1 fully saturated rings. The first-order valence-corrected chi connectivity index (χ1v) is 5.65. The molecule has 92 valence electrons. The average molecular weight is 228 g/mol. The van der Waals surface area contributed by atoms with Crippen molar-refractivity contribution >= 4 is 12.1 Å². The standard InChI is InChI=1S/C10H20N4O2/c1-8-2-6-14(7-3-8)10(16)13-5-4-12-9(11)15/h8H,2-7H2,1H3,(H,13,16)(H3,11,12,15). The zero-order valence-electron chi connectivity index (χ0n) is 9.66. The Kier molecular flexibility index (Phi) is 4.88. The van der Waals surface area contributed by atoms with E-state index in [9.17, 15) is 9.59 Å². The van der Waals surface area contributed by atoms with Crippen LogP contribution in [-0.2, 0) is 0 Å². The smallest absolute Gasteiger partial charge is 0.317 e. The summed E-state index contributed by atoms with van der Waals surface area (Å²) in [6, 6.07) is -0.626. The van der Waals surface area contributed by atoms with Crippen LogP contribution in [0, 0.1) is 5.92 Å². The van der Waals surface area contributed by atoms with Crippen molar-refractivity contribution in [3.8, 4) is 0 Å². The molecule has 1 heterocycles. The van der Waals surface area contributed by atoms with Crippen LogP contribution >= 0.6 is 0 Å². The molecule has 4 amide bonds. The molecule has 6 nitrogen and oxygen atoms in total. The van der Waals surface area contributed by atoms with Gasteiger partial charge < -0.3 is 21.3 Å². The van der Waals surface area contributed by atoms with Gasteiger partial charge in [-0.15, -0.1) is 0 Å². The molecule has 1 aliphatic rings. The van der Waals surface area contributed by atoms with Crippen molar-refractivity contribution in [2.45, 2.75) is 19.8 Å². The fraction of sp³-hybridized carbons (Fsp3) is 0.800. The topological polar surface area (TPSA) is 87.5 Å². The lowest BCUT2D eigenvalue weighted by Crippen LogP contribution is -2.46. The number of carbonyl (C=O) groups excluding carboxylic acids is 2. The zero-order valence-corrected chi connectivity index (χ0v) is 9.66. The Morgan fingerprint density at radius 1 is 1.25 bits per heavy atom. The predicted molar refractivity (Wildman–Crippen MR) is 61.0 cm³/mol. The molecule has 0 spiro atoms. The first-order chi connectivity index (χ1) is 7.59. The summed E-state index contributed by atoms with van der Waals surface area (Å²) in [4.78, 5) is 23.8. The summed E-state index contributed by atoms with van der Waals surface area (Å²) in [5.41, 5.74) is 4.89. The van der Waals surface area contributed by atoms with Gasteiger partial charge >= 0.3 is 12.1 Å². The molecule has 0 atom stereocenters. The molecule has 6 heteroatoms. The first kappa shape index (κ1) is 12.6. The van der Waals surface area contributed by atoms with Gasteiger partial charge in [0.1, 0.15) is 0 Å². The number of hydrogen-bond donors (Lipinski definition) is 3. The number of amides is 4. The van der Waals surface area contributed by atoms with Gasteiger partial charge in [-0.2, -0.15) is 0 Å². The van der Waals surface area contributed by atoms with Crippen molar-refractivity contribution < 1.29 is 9.59 Å². The Bertz CT molecular complexity index is 249. The van der Waals surface area contributed by atoms with Crippen LogP contribution in [0.2, 0.25) is 0 Å². The van der Waals surface area contributed by atoms with Crippen LogP contribution in [0.5, 0.6) is 0 Å². The summed E-state index contributed by atoms with van der Waals surface area (Å²) < 4.78 is 0. The van der Waals surface area contributed by atoms with E-state index in [1.165, 1.54) is 0 Å². The van der Waals surface area contributed by atoms with Crippen molar-refractivity contribution in [2.75, 3.05) is 26.2 Å². The Hall–Kier alpha value is -1.46. The van der Waals surface area contributed by atoms with Crippen molar-refractivity contribution in [1.29, 1.82) is 0 Å². The minimum Gasteiger partial charge on any atom is -0.352 e. The average Bonchev–Trinajstić information content (AvgIpc) is 2.25. The van der Waals surface area contributed by atoms with Gasteiger partial charge in [0.15, 0.2) is 0 Å². The lowest BCUT2D eigenvalue weighted by Gasteiger charge is -2.30. The van der Waals surface area contributed by atoms with E-state index in [1.807, 2.05) is 4.90 Å². The maximum absolute atomic E-state index is 11.6. The van der Waals surface area contributed by atoms with Crippen LogP contribution in [0.4, 0.5) is 9.59 Å². The highest BCUT2D eigenvalue weighted by atomic mass is 16.2. The normalized spacial score (nSPS) is 16.9. The second-order valence-corrected chi connectivity index (χ2v) is 4.19. The molecule has 0 aliphatic carbocycles. The number of rotatable bonds is 3. The summed E-state index contributed by atoms with van der Waals surface area (Å²) in [7, 11) is 0. The molecule has 16 heavy (non-hydrogen) atoms. The Morgan fingerprint density at radius 2 is 1.81 bits per heavy atom. The highest BCUT2D eigenvalue weighted by Gasteiger charge is 2.19. The molecule has 0 unspecified atom stereocenters. The number of nitrogens with one attached hydrogen (secondary N) is 2. The molecule has 0 aromatic carbocycles. The van der Waals surface area contributed by atoms with Crippen LogP contribution in [0.15, 0.2) is 0 Å². The first-order valence-electron chi connectivity index (χ1n) is 5.65. The van der Waals surface area contributed by atoms with E-state index < -0.39 is 6.03 Å². The summed E-state index contributed by atoms with van der Waals surface area (Å²) in [5.74, 6) is 0.709. The molecule has 0 aromatic heterocycles. The van der Waals surface area contributed by atoms with E-state index in [-0.39, 0.29) is 6.03 Å². The van der Waals surface area contributed by atoms with E-state index >= 15 is 0 Å². The molecular formula is C10H20N4O2. The Labute approximate surface area is 95.5 Å². The second-order valence-electron chi connectivity index (χ2n) is 4.19. The maximum atomic E-state index is 11.6. The third-order valence-electron chi connectivity index (χ3n) is 2.77. The van der Waals surface area contributed by atoms with Gasteiger partial charge in [-0.25, -0.2) is 9.59 Å². The number of likely N-dealkylation sites (tertiary alicyclic amines) is 1. The molecule has 0 bridgehead atoms. The molecule has 0 aromatic rings. The molecular weight excluding hydrogens is 208 g/mol. The lowest BCUT2D eigenvalue weighted by molar-refractivity contribution is 0.174. The van der Waals surface area contributed by atoms with Crippen LogP contribution < -0.4 is 16.4 Å². The number of primary amides is 1. The minimum absolute atomic E-state index is 0.0572. The van der Waals surface area contributed by atoms with E-state index in [4.69, 9.17) is 5.73 Å². The van der Waals surface area contributed by atoms with Crippen molar-refractivity contribution in [3.05, 3.63) is 0 Å². The Balaban J connectivity index is 2.12. The number of hydrogen-bond acceptors (Lipinski definition) is 2. The van der Waals surface area contributed by atoms with Gasteiger partial charge in [0.25, 0.3) is 0 Å². The number of carbonyl (C=O) groups is 2. The van der Waals surface area contributed by atoms with Crippen molar-refractivity contribution in [3.63, 3.8) is 0 Å². The third kappa shape index (κ3) is 4.37. The van der Waals surface area contributed by atoms with Gasteiger partial charge in [-0.3, -0.25) is 0 Å². The van der Waals surface area contributed by atoms with E-state index in [0.717, 1.165) is 25.9 Å². The van der Waals surface area contributed by atoms with Gasteiger partial charge in [0.2, 0.25) is 0 Å². The van der Waals surface area contributed by atoms with Crippen LogP contribution in [0.25, 0.3) is 0 Å². The van der Waals surface area contributed by atoms with Gasteiger partial charge in [-0.1, -0.05) is 6.92 Å². The summed E-state index contributed by atoms with van der Waals surface area (Å²) in [6.45, 7) is 4.61. The molecule has 4 N–H and O–H groups in total. The monoisotopic (exact) mass is 228 g/mol. The molecule has 0 radical (unpaired) electrons. The third-order valence-corrected chi connectivity index (χ3v) is 2.77. The Morgan fingerprint density at radius 3 is 2.38 bits per heavy atom. The number of nitrogens with zero attached hydrogens (tertiary/aromatic N) is 1. The van der Waals surface area contributed by atoms with Gasteiger partial charge in [0, 0.05) is 26.2 Å².